The highest BCUT2D eigenvalue weighted by atomic mass is 15.3. The molecule has 2 aliphatic carbocycles. The SMILES string of the molecule is CC1CC2CCCC(C1)C21CC(C)(C)N(C)C1N. The molecule has 2 bridgehead atoms. The zero-order chi connectivity index (χ0) is 13.1. The number of rotatable bonds is 0. The second-order valence-electron chi connectivity index (χ2n) is 8.06. The quantitative estimate of drug-likeness (QED) is 0.715. The summed E-state index contributed by atoms with van der Waals surface area (Å²) in [5, 5.41) is 0. The van der Waals surface area contributed by atoms with E-state index in [0.717, 1.165) is 17.8 Å². The molecule has 18 heavy (non-hydrogen) atoms. The molecule has 0 aromatic rings. The third-order valence-electron chi connectivity index (χ3n) is 6.66. The van der Waals surface area contributed by atoms with E-state index in [0.29, 0.717) is 5.41 Å². The fraction of sp³-hybridized carbons (Fsp3) is 1.00. The minimum atomic E-state index is 0.286. The van der Waals surface area contributed by atoms with Crippen molar-refractivity contribution in [2.75, 3.05) is 7.05 Å². The monoisotopic (exact) mass is 250 g/mol. The maximum absolute atomic E-state index is 6.73. The van der Waals surface area contributed by atoms with Gasteiger partial charge in [0.15, 0.2) is 0 Å². The zero-order valence-corrected chi connectivity index (χ0v) is 12.6. The van der Waals surface area contributed by atoms with Gasteiger partial charge in [-0.3, -0.25) is 4.90 Å². The van der Waals surface area contributed by atoms with Crippen LogP contribution in [0.3, 0.4) is 0 Å². The molecule has 104 valence electrons. The van der Waals surface area contributed by atoms with E-state index in [4.69, 9.17) is 5.73 Å². The second kappa shape index (κ2) is 3.96. The molecular weight excluding hydrogens is 220 g/mol. The summed E-state index contributed by atoms with van der Waals surface area (Å²) in [6.45, 7) is 7.22. The summed E-state index contributed by atoms with van der Waals surface area (Å²) in [6, 6.07) is 0. The second-order valence-corrected chi connectivity index (χ2v) is 8.06. The molecular formula is C16H30N2. The minimum Gasteiger partial charge on any atom is -0.315 e. The van der Waals surface area contributed by atoms with E-state index in [1.807, 2.05) is 0 Å². The number of likely N-dealkylation sites (tertiary alicyclic amines) is 1. The number of hydrogen-bond donors (Lipinski definition) is 1. The first-order valence-corrected chi connectivity index (χ1v) is 7.86. The van der Waals surface area contributed by atoms with Gasteiger partial charge in [-0.15, -0.1) is 0 Å². The number of nitrogens with two attached hydrogens (primary N) is 1. The van der Waals surface area contributed by atoms with Crippen molar-refractivity contribution in [1.82, 2.24) is 4.90 Å². The van der Waals surface area contributed by atoms with Crippen LogP contribution in [-0.2, 0) is 0 Å². The summed E-state index contributed by atoms with van der Waals surface area (Å²) in [5.41, 5.74) is 7.44. The van der Waals surface area contributed by atoms with Crippen LogP contribution in [0.1, 0.15) is 59.3 Å². The normalized spacial score (nSPS) is 51.8. The van der Waals surface area contributed by atoms with Crippen molar-refractivity contribution in [2.45, 2.75) is 71.0 Å². The zero-order valence-electron chi connectivity index (χ0n) is 12.6. The lowest BCUT2D eigenvalue weighted by atomic mass is 9.50. The van der Waals surface area contributed by atoms with Crippen LogP contribution in [-0.4, -0.2) is 23.7 Å². The Balaban J connectivity index is 1.99. The standard InChI is InChI=1S/C16H30N2/c1-11-8-12-6-5-7-13(9-11)16(12)10-15(2,3)18(4)14(16)17/h11-14H,5-10,17H2,1-4H3. The molecule has 3 fully saturated rings. The summed E-state index contributed by atoms with van der Waals surface area (Å²) in [5.74, 6) is 2.70. The lowest BCUT2D eigenvalue weighted by molar-refractivity contribution is -0.0600. The van der Waals surface area contributed by atoms with Gasteiger partial charge < -0.3 is 5.73 Å². The largest absolute Gasteiger partial charge is 0.315 e. The van der Waals surface area contributed by atoms with Gasteiger partial charge in [-0.25, -0.2) is 0 Å². The van der Waals surface area contributed by atoms with E-state index in [2.05, 4.69) is 32.7 Å². The van der Waals surface area contributed by atoms with Crippen molar-refractivity contribution in [3.05, 3.63) is 0 Å². The van der Waals surface area contributed by atoms with Crippen molar-refractivity contribution < 1.29 is 0 Å². The molecule has 1 heterocycles. The van der Waals surface area contributed by atoms with Crippen molar-refractivity contribution >= 4 is 0 Å². The third kappa shape index (κ3) is 1.54. The van der Waals surface area contributed by atoms with Gasteiger partial charge in [0.05, 0.1) is 6.17 Å². The van der Waals surface area contributed by atoms with Gasteiger partial charge in [-0.2, -0.15) is 0 Å². The van der Waals surface area contributed by atoms with Gasteiger partial charge in [0.1, 0.15) is 0 Å². The highest BCUT2D eigenvalue weighted by Crippen LogP contribution is 2.63. The first kappa shape index (κ1) is 12.9. The van der Waals surface area contributed by atoms with E-state index < -0.39 is 0 Å². The molecule has 2 nitrogen and oxygen atoms in total. The molecule has 1 aliphatic heterocycles. The molecule has 2 saturated carbocycles. The Morgan fingerprint density at radius 3 is 2.11 bits per heavy atom. The molecule has 3 aliphatic rings. The van der Waals surface area contributed by atoms with Gasteiger partial charge >= 0.3 is 0 Å². The fourth-order valence-corrected chi connectivity index (χ4v) is 5.71. The molecule has 3 atom stereocenters. The van der Waals surface area contributed by atoms with Crippen LogP contribution < -0.4 is 5.73 Å². The van der Waals surface area contributed by atoms with Crippen LogP contribution in [0.2, 0.25) is 0 Å². The van der Waals surface area contributed by atoms with E-state index in [1.54, 1.807) is 0 Å². The summed E-state index contributed by atoms with van der Waals surface area (Å²) in [6.07, 6.45) is 8.76. The van der Waals surface area contributed by atoms with Gasteiger partial charge in [0.25, 0.3) is 0 Å². The summed E-state index contributed by atoms with van der Waals surface area (Å²) in [7, 11) is 2.24. The number of nitrogens with zero attached hydrogens (tertiary/aromatic N) is 1. The summed E-state index contributed by atoms with van der Waals surface area (Å²) < 4.78 is 0. The van der Waals surface area contributed by atoms with E-state index in [-0.39, 0.29) is 11.7 Å². The maximum Gasteiger partial charge on any atom is 0.0637 e. The average molecular weight is 250 g/mol. The first-order valence-electron chi connectivity index (χ1n) is 7.86. The Kier molecular flexibility index (Phi) is 2.84. The van der Waals surface area contributed by atoms with Crippen molar-refractivity contribution in [3.63, 3.8) is 0 Å². The molecule has 0 radical (unpaired) electrons. The van der Waals surface area contributed by atoms with E-state index in [1.165, 1.54) is 38.5 Å². The molecule has 0 amide bonds. The molecule has 3 rings (SSSR count). The van der Waals surface area contributed by atoms with Crippen LogP contribution >= 0.6 is 0 Å². The van der Waals surface area contributed by atoms with Gasteiger partial charge in [0.2, 0.25) is 0 Å². The highest BCUT2D eigenvalue weighted by molar-refractivity contribution is 5.13. The summed E-state index contributed by atoms with van der Waals surface area (Å²) >= 11 is 0. The Bertz CT molecular complexity index is 322. The van der Waals surface area contributed by atoms with Crippen molar-refractivity contribution in [2.24, 2.45) is 28.9 Å². The van der Waals surface area contributed by atoms with Gasteiger partial charge in [-0.05, 0) is 70.8 Å². The van der Waals surface area contributed by atoms with Crippen LogP contribution in [0.5, 0.6) is 0 Å². The molecule has 2 N–H and O–H groups in total. The lowest BCUT2D eigenvalue weighted by Crippen LogP contribution is -2.57. The molecule has 1 spiro atoms. The van der Waals surface area contributed by atoms with Crippen LogP contribution in [0.4, 0.5) is 0 Å². The minimum absolute atomic E-state index is 0.286. The maximum atomic E-state index is 6.73. The predicted molar refractivity (Wildman–Crippen MR) is 76.1 cm³/mol. The Morgan fingerprint density at radius 2 is 1.67 bits per heavy atom. The van der Waals surface area contributed by atoms with Crippen LogP contribution in [0, 0.1) is 23.2 Å². The third-order valence-corrected chi connectivity index (χ3v) is 6.66. The van der Waals surface area contributed by atoms with E-state index in [9.17, 15) is 0 Å². The van der Waals surface area contributed by atoms with Crippen LogP contribution in [0.15, 0.2) is 0 Å². The Morgan fingerprint density at radius 1 is 1.11 bits per heavy atom. The van der Waals surface area contributed by atoms with Crippen LogP contribution in [0.25, 0.3) is 0 Å². The molecule has 3 unspecified atom stereocenters. The summed E-state index contributed by atoms with van der Waals surface area (Å²) in [4.78, 5) is 2.47. The van der Waals surface area contributed by atoms with Gasteiger partial charge in [-0.1, -0.05) is 13.3 Å². The van der Waals surface area contributed by atoms with Crippen molar-refractivity contribution in [1.29, 1.82) is 0 Å². The fourth-order valence-electron chi connectivity index (χ4n) is 5.71. The molecule has 1 saturated heterocycles. The first-order chi connectivity index (χ1) is 8.38. The Labute approximate surface area is 112 Å². The Hall–Kier alpha value is -0.0800. The predicted octanol–water partition coefficient (Wildman–Crippen LogP) is 3.22. The molecule has 2 heteroatoms. The smallest absolute Gasteiger partial charge is 0.0637 e. The molecule has 0 aromatic carbocycles. The van der Waals surface area contributed by atoms with Crippen molar-refractivity contribution in [3.8, 4) is 0 Å². The molecule has 0 aromatic heterocycles. The number of hydrogen-bond acceptors (Lipinski definition) is 2. The average Bonchev–Trinajstić information content (AvgIpc) is 2.43. The lowest BCUT2D eigenvalue weighted by Gasteiger charge is -2.55. The highest BCUT2D eigenvalue weighted by Gasteiger charge is 2.62. The topological polar surface area (TPSA) is 29.3 Å². The van der Waals surface area contributed by atoms with Gasteiger partial charge in [0, 0.05) is 11.0 Å². The van der Waals surface area contributed by atoms with E-state index >= 15 is 0 Å².